The van der Waals surface area contributed by atoms with Crippen LogP contribution in [0.25, 0.3) is 0 Å². The third kappa shape index (κ3) is 3.46. The fourth-order valence-electron chi connectivity index (χ4n) is 1.98. The van der Waals surface area contributed by atoms with E-state index in [0.29, 0.717) is 0 Å². The average Bonchev–Trinajstić information content (AvgIpc) is 2.32. The molecule has 1 aliphatic rings. The maximum Gasteiger partial charge on any atom is 0.244 e. The molecular weight excluding hydrogens is 290 g/mol. The van der Waals surface area contributed by atoms with E-state index >= 15 is 0 Å². The van der Waals surface area contributed by atoms with Crippen LogP contribution < -0.4 is 4.72 Å². The Balaban J connectivity index is 2.13. The summed E-state index contributed by atoms with van der Waals surface area (Å²) in [6.07, 6.45) is 0.518. The lowest BCUT2D eigenvalue weighted by Gasteiger charge is -2.23. The Labute approximate surface area is 112 Å². The smallest absolute Gasteiger partial charge is 0.244 e. The minimum Gasteiger partial charge on any atom is -0.507 e. The van der Waals surface area contributed by atoms with Gasteiger partial charge in [0.1, 0.15) is 20.5 Å². The van der Waals surface area contributed by atoms with Gasteiger partial charge in [-0.1, -0.05) is 12.1 Å². The number of sulfonamides is 1. The monoisotopic (exact) mass is 305 g/mol. The van der Waals surface area contributed by atoms with Crippen molar-refractivity contribution in [2.75, 3.05) is 11.5 Å². The van der Waals surface area contributed by atoms with Crippen LogP contribution in [0.5, 0.6) is 5.75 Å². The van der Waals surface area contributed by atoms with Gasteiger partial charge in [0.05, 0.1) is 11.5 Å². The summed E-state index contributed by atoms with van der Waals surface area (Å²) in [7, 11) is -6.85. The van der Waals surface area contributed by atoms with Gasteiger partial charge in [-0.05, 0) is 25.0 Å². The molecule has 0 bridgehead atoms. The molecule has 0 amide bonds. The predicted octanol–water partition coefficient (Wildman–Crippen LogP) is 0.248. The fraction of sp³-hybridized carbons (Fsp3) is 0.455. The molecule has 0 aromatic heterocycles. The highest BCUT2D eigenvalue weighted by molar-refractivity contribution is 7.91. The van der Waals surface area contributed by atoms with Crippen LogP contribution in [0.3, 0.4) is 0 Å². The van der Waals surface area contributed by atoms with Gasteiger partial charge in [-0.2, -0.15) is 0 Å². The highest BCUT2D eigenvalue weighted by Crippen LogP contribution is 2.23. The van der Waals surface area contributed by atoms with Gasteiger partial charge in [-0.3, -0.25) is 0 Å². The molecule has 106 valence electrons. The van der Waals surface area contributed by atoms with E-state index in [2.05, 4.69) is 4.72 Å². The average molecular weight is 305 g/mol. The molecule has 0 atom stereocenters. The van der Waals surface area contributed by atoms with Gasteiger partial charge in [0.2, 0.25) is 10.0 Å². The van der Waals surface area contributed by atoms with Gasteiger partial charge in [0, 0.05) is 6.04 Å². The molecule has 2 rings (SSSR count). The first-order valence-corrected chi connectivity index (χ1v) is 9.11. The molecule has 1 saturated heterocycles. The first kappa shape index (κ1) is 14.3. The van der Waals surface area contributed by atoms with Crippen molar-refractivity contribution in [2.24, 2.45) is 0 Å². The molecule has 1 heterocycles. The van der Waals surface area contributed by atoms with E-state index < -0.39 is 25.9 Å². The molecule has 8 heteroatoms. The van der Waals surface area contributed by atoms with E-state index in [-0.39, 0.29) is 35.0 Å². The summed E-state index contributed by atoms with van der Waals surface area (Å²) < 4.78 is 49.1. The van der Waals surface area contributed by atoms with E-state index in [1.165, 1.54) is 24.3 Å². The van der Waals surface area contributed by atoms with Gasteiger partial charge in [0.25, 0.3) is 0 Å². The summed E-state index contributed by atoms with van der Waals surface area (Å²) in [5.41, 5.74) is 0. The van der Waals surface area contributed by atoms with E-state index in [1.54, 1.807) is 0 Å². The fourth-order valence-corrected chi connectivity index (χ4v) is 4.87. The van der Waals surface area contributed by atoms with Crippen LogP contribution >= 0.6 is 0 Å². The van der Waals surface area contributed by atoms with Crippen molar-refractivity contribution in [3.8, 4) is 5.75 Å². The molecule has 0 radical (unpaired) electrons. The summed E-state index contributed by atoms with van der Waals surface area (Å²) in [4.78, 5) is -0.191. The molecule has 1 aromatic rings. The second kappa shape index (κ2) is 5.10. The van der Waals surface area contributed by atoms with Crippen molar-refractivity contribution >= 4 is 19.9 Å². The van der Waals surface area contributed by atoms with E-state index in [9.17, 15) is 21.9 Å². The topological polar surface area (TPSA) is 101 Å². The van der Waals surface area contributed by atoms with E-state index in [0.717, 1.165) is 0 Å². The normalized spacial score (nSPS) is 20.2. The first-order chi connectivity index (χ1) is 8.80. The van der Waals surface area contributed by atoms with Crippen LogP contribution in [0.2, 0.25) is 0 Å². The number of nitrogens with one attached hydrogen (secondary N) is 1. The third-order valence-corrected chi connectivity index (χ3v) is 6.31. The number of hydrogen-bond acceptors (Lipinski definition) is 5. The van der Waals surface area contributed by atoms with Gasteiger partial charge < -0.3 is 5.11 Å². The van der Waals surface area contributed by atoms with Gasteiger partial charge in [0.15, 0.2) is 0 Å². The number of para-hydroxylation sites is 1. The van der Waals surface area contributed by atoms with Crippen molar-refractivity contribution in [2.45, 2.75) is 23.8 Å². The summed E-state index contributed by atoms with van der Waals surface area (Å²) in [5, 5.41) is 9.54. The Morgan fingerprint density at radius 3 is 2.32 bits per heavy atom. The van der Waals surface area contributed by atoms with Crippen LogP contribution in [-0.2, 0) is 19.9 Å². The number of hydrogen-bond donors (Lipinski definition) is 2. The second-order valence-electron chi connectivity index (χ2n) is 4.52. The lowest BCUT2D eigenvalue weighted by atomic mass is 10.2. The number of rotatable bonds is 3. The van der Waals surface area contributed by atoms with Crippen LogP contribution in [-0.4, -0.2) is 39.5 Å². The first-order valence-electron chi connectivity index (χ1n) is 5.81. The third-order valence-electron chi connectivity index (χ3n) is 3.03. The van der Waals surface area contributed by atoms with Crippen molar-refractivity contribution < 1.29 is 21.9 Å². The molecule has 2 N–H and O–H groups in total. The second-order valence-corrected chi connectivity index (χ2v) is 8.50. The Morgan fingerprint density at radius 2 is 1.74 bits per heavy atom. The lowest BCUT2D eigenvalue weighted by Crippen LogP contribution is -2.40. The molecule has 1 aliphatic heterocycles. The van der Waals surface area contributed by atoms with E-state index in [4.69, 9.17) is 0 Å². The highest BCUT2D eigenvalue weighted by atomic mass is 32.2. The zero-order valence-electron chi connectivity index (χ0n) is 10.1. The molecule has 1 fully saturated rings. The number of sulfone groups is 1. The molecule has 0 saturated carbocycles. The highest BCUT2D eigenvalue weighted by Gasteiger charge is 2.28. The minimum absolute atomic E-state index is 0.0129. The maximum absolute atomic E-state index is 12.1. The Hall–Kier alpha value is -1.12. The SMILES string of the molecule is O=S1(=O)CCC(NS(=O)(=O)c2ccccc2O)CC1. The maximum atomic E-state index is 12.1. The van der Waals surface area contributed by atoms with Crippen LogP contribution in [0.4, 0.5) is 0 Å². The Kier molecular flexibility index (Phi) is 3.84. The molecule has 0 aliphatic carbocycles. The van der Waals surface area contributed by atoms with Crippen molar-refractivity contribution in [3.05, 3.63) is 24.3 Å². The van der Waals surface area contributed by atoms with Crippen LogP contribution in [0.15, 0.2) is 29.2 Å². The van der Waals surface area contributed by atoms with Crippen LogP contribution in [0.1, 0.15) is 12.8 Å². The number of benzene rings is 1. The number of phenolic OH excluding ortho intramolecular Hbond substituents is 1. The minimum atomic E-state index is -3.82. The quantitative estimate of drug-likeness (QED) is 0.833. The summed E-state index contributed by atoms with van der Waals surface area (Å²) in [5.74, 6) is -0.347. The van der Waals surface area contributed by atoms with Gasteiger partial charge in [-0.15, -0.1) is 0 Å². The van der Waals surface area contributed by atoms with Crippen molar-refractivity contribution in [3.63, 3.8) is 0 Å². The zero-order valence-corrected chi connectivity index (χ0v) is 11.7. The Morgan fingerprint density at radius 1 is 1.16 bits per heavy atom. The molecule has 0 unspecified atom stereocenters. The molecule has 6 nitrogen and oxygen atoms in total. The summed E-state index contributed by atoms with van der Waals surface area (Å²) >= 11 is 0. The largest absolute Gasteiger partial charge is 0.507 e. The summed E-state index contributed by atoms with van der Waals surface area (Å²) in [6.45, 7) is 0. The van der Waals surface area contributed by atoms with Gasteiger partial charge in [-0.25, -0.2) is 21.6 Å². The Bertz CT molecular complexity index is 652. The molecule has 0 spiro atoms. The zero-order chi connectivity index (χ0) is 14.1. The summed E-state index contributed by atoms with van der Waals surface area (Å²) in [6, 6.07) is 5.23. The van der Waals surface area contributed by atoms with E-state index in [1.807, 2.05) is 0 Å². The van der Waals surface area contributed by atoms with Crippen molar-refractivity contribution in [1.29, 1.82) is 0 Å². The molecular formula is C11H15NO5S2. The van der Waals surface area contributed by atoms with Crippen LogP contribution in [0, 0.1) is 0 Å². The van der Waals surface area contributed by atoms with Crippen molar-refractivity contribution in [1.82, 2.24) is 4.72 Å². The molecule has 19 heavy (non-hydrogen) atoms. The number of aromatic hydroxyl groups is 1. The standard InChI is InChI=1S/C11H15NO5S2/c13-10-3-1-2-4-11(10)19(16,17)12-9-5-7-18(14,15)8-6-9/h1-4,9,12-13H,5-8H2. The lowest BCUT2D eigenvalue weighted by molar-refractivity contribution is 0.455. The predicted molar refractivity (Wildman–Crippen MR) is 70.1 cm³/mol. The molecule has 1 aromatic carbocycles. The van der Waals surface area contributed by atoms with Gasteiger partial charge >= 0.3 is 0 Å². The number of phenols is 1.